The summed E-state index contributed by atoms with van der Waals surface area (Å²) in [6, 6.07) is 14.5. The van der Waals surface area contributed by atoms with Crippen molar-refractivity contribution >= 4 is 24.2 Å². The fourth-order valence-corrected chi connectivity index (χ4v) is 2.58. The number of ether oxygens (including phenoxy) is 2. The summed E-state index contributed by atoms with van der Waals surface area (Å²) in [5, 5.41) is 13.0. The summed E-state index contributed by atoms with van der Waals surface area (Å²) >= 11 is 0. The number of unbranched alkanes of at least 4 members (excludes halogenated alkanes) is 1. The predicted octanol–water partition coefficient (Wildman–Crippen LogP) is 2.12. The van der Waals surface area contributed by atoms with E-state index in [-0.39, 0.29) is 25.0 Å². The minimum absolute atomic E-state index is 0.169. The van der Waals surface area contributed by atoms with Crippen LogP contribution in [0.5, 0.6) is 11.5 Å². The van der Waals surface area contributed by atoms with Gasteiger partial charge >= 0.3 is 0 Å². The molecule has 0 saturated carbocycles. The van der Waals surface area contributed by atoms with Gasteiger partial charge in [0.2, 0.25) is 0 Å². The van der Waals surface area contributed by atoms with Gasteiger partial charge in [-0.15, -0.1) is 0 Å². The first-order chi connectivity index (χ1) is 16.6. The number of oxime groups is 2. The summed E-state index contributed by atoms with van der Waals surface area (Å²) in [6.07, 6.45) is 4.45. The molecule has 10 heteroatoms. The van der Waals surface area contributed by atoms with E-state index in [1.54, 1.807) is 14.2 Å². The van der Waals surface area contributed by atoms with Crippen LogP contribution in [-0.2, 0) is 19.3 Å². The second-order valence-electron chi connectivity index (χ2n) is 6.97. The molecule has 0 radical (unpaired) electrons. The van der Waals surface area contributed by atoms with E-state index in [2.05, 4.69) is 20.9 Å². The van der Waals surface area contributed by atoms with Crippen LogP contribution in [0, 0.1) is 0 Å². The van der Waals surface area contributed by atoms with Gasteiger partial charge in [0.15, 0.2) is 13.2 Å². The topological polar surface area (TPSA) is 120 Å². The second kappa shape index (κ2) is 15.7. The lowest BCUT2D eigenvalue weighted by Gasteiger charge is -2.06. The molecule has 0 bridgehead atoms. The molecule has 0 atom stereocenters. The Hall–Kier alpha value is -4.08. The van der Waals surface area contributed by atoms with Crippen molar-refractivity contribution in [2.24, 2.45) is 10.3 Å². The molecular weight excluding hydrogens is 440 g/mol. The first-order valence-electron chi connectivity index (χ1n) is 10.7. The molecular formula is C24H30N4O6. The Balaban J connectivity index is 1.45. The van der Waals surface area contributed by atoms with Crippen molar-refractivity contribution in [3.63, 3.8) is 0 Å². The number of benzene rings is 2. The molecule has 0 aliphatic rings. The molecule has 0 unspecified atom stereocenters. The fourth-order valence-electron chi connectivity index (χ4n) is 2.58. The van der Waals surface area contributed by atoms with Crippen LogP contribution in [0.2, 0.25) is 0 Å². The van der Waals surface area contributed by atoms with Gasteiger partial charge in [0.25, 0.3) is 11.8 Å². The van der Waals surface area contributed by atoms with Gasteiger partial charge in [-0.3, -0.25) is 9.59 Å². The third-order valence-corrected chi connectivity index (χ3v) is 4.42. The number of amides is 2. The van der Waals surface area contributed by atoms with Crippen LogP contribution in [0.3, 0.4) is 0 Å². The molecule has 10 nitrogen and oxygen atoms in total. The maximum Gasteiger partial charge on any atom is 0.260 e. The average Bonchev–Trinajstić information content (AvgIpc) is 2.87. The quantitative estimate of drug-likeness (QED) is 0.234. The first kappa shape index (κ1) is 26.2. The van der Waals surface area contributed by atoms with Gasteiger partial charge in [0.05, 0.1) is 26.6 Å². The minimum Gasteiger partial charge on any atom is -0.497 e. The molecule has 0 aliphatic carbocycles. The summed E-state index contributed by atoms with van der Waals surface area (Å²) in [4.78, 5) is 33.4. The Morgan fingerprint density at radius 3 is 1.44 bits per heavy atom. The van der Waals surface area contributed by atoms with Crippen LogP contribution < -0.4 is 20.1 Å². The van der Waals surface area contributed by atoms with Gasteiger partial charge in [-0.1, -0.05) is 10.3 Å². The van der Waals surface area contributed by atoms with Gasteiger partial charge in [0.1, 0.15) is 11.5 Å². The lowest BCUT2D eigenvalue weighted by Crippen LogP contribution is -2.30. The number of hydrogen-bond donors (Lipinski definition) is 2. The number of methoxy groups -OCH3 is 2. The lowest BCUT2D eigenvalue weighted by atomic mass is 10.2. The molecule has 2 aromatic rings. The van der Waals surface area contributed by atoms with Gasteiger partial charge in [-0.05, 0) is 72.5 Å². The summed E-state index contributed by atoms with van der Waals surface area (Å²) < 4.78 is 10.2. The van der Waals surface area contributed by atoms with Gasteiger partial charge in [-0.2, -0.15) is 0 Å². The SMILES string of the molecule is COc1ccc(C=NOCC(=O)NCCCCNC(=O)CON=Cc2ccc(OC)cc2)cc1. The number of nitrogens with zero attached hydrogens (tertiary/aromatic N) is 2. The van der Waals surface area contributed by atoms with Crippen molar-refractivity contribution in [2.45, 2.75) is 12.8 Å². The van der Waals surface area contributed by atoms with Crippen LogP contribution in [0.15, 0.2) is 58.8 Å². The molecule has 2 aromatic carbocycles. The maximum atomic E-state index is 11.7. The lowest BCUT2D eigenvalue weighted by molar-refractivity contribution is -0.126. The minimum atomic E-state index is -0.265. The second-order valence-corrected chi connectivity index (χ2v) is 6.97. The third-order valence-electron chi connectivity index (χ3n) is 4.42. The zero-order valence-corrected chi connectivity index (χ0v) is 19.4. The van der Waals surface area contributed by atoms with Crippen molar-refractivity contribution in [1.82, 2.24) is 10.6 Å². The highest BCUT2D eigenvalue weighted by Gasteiger charge is 2.02. The van der Waals surface area contributed by atoms with Crippen molar-refractivity contribution in [2.75, 3.05) is 40.5 Å². The largest absolute Gasteiger partial charge is 0.497 e. The first-order valence-corrected chi connectivity index (χ1v) is 10.7. The van der Waals surface area contributed by atoms with E-state index in [0.29, 0.717) is 25.9 Å². The average molecular weight is 471 g/mol. The summed E-state index contributed by atoms with van der Waals surface area (Å²) in [7, 11) is 3.19. The molecule has 182 valence electrons. The summed E-state index contributed by atoms with van der Waals surface area (Å²) in [5.74, 6) is 0.971. The third kappa shape index (κ3) is 11.0. The zero-order chi connectivity index (χ0) is 24.4. The Morgan fingerprint density at radius 1 is 0.706 bits per heavy atom. The molecule has 0 saturated heterocycles. The fraction of sp³-hybridized carbons (Fsp3) is 0.333. The molecule has 0 fully saturated rings. The van der Waals surface area contributed by atoms with Gasteiger partial charge < -0.3 is 29.8 Å². The standard InChI is InChI=1S/C24H30N4O6/c1-31-21-9-5-19(6-10-21)15-27-33-17-23(29)25-13-3-4-14-26-24(30)18-34-28-16-20-7-11-22(32-2)12-8-20/h5-12,15-16H,3-4,13-14,17-18H2,1-2H3,(H,25,29)(H,26,30). The number of hydrogen-bond acceptors (Lipinski definition) is 8. The Morgan fingerprint density at radius 2 is 1.09 bits per heavy atom. The number of nitrogens with one attached hydrogen (secondary N) is 2. The van der Waals surface area contributed by atoms with Crippen LogP contribution in [0.4, 0.5) is 0 Å². The van der Waals surface area contributed by atoms with Crippen LogP contribution >= 0.6 is 0 Å². The van der Waals surface area contributed by atoms with Crippen LogP contribution in [0.25, 0.3) is 0 Å². The Bertz CT molecular complexity index is 852. The van der Waals surface area contributed by atoms with Crippen LogP contribution in [0.1, 0.15) is 24.0 Å². The molecule has 0 aromatic heterocycles. The van der Waals surface area contributed by atoms with E-state index >= 15 is 0 Å². The number of carbonyl (C=O) groups is 2. The van der Waals surface area contributed by atoms with Crippen molar-refractivity contribution in [3.05, 3.63) is 59.7 Å². The molecule has 0 heterocycles. The Kier molecular flexibility index (Phi) is 12.1. The smallest absolute Gasteiger partial charge is 0.260 e. The van der Waals surface area contributed by atoms with E-state index in [9.17, 15) is 9.59 Å². The van der Waals surface area contributed by atoms with Crippen molar-refractivity contribution < 1.29 is 28.7 Å². The van der Waals surface area contributed by atoms with Crippen LogP contribution in [-0.4, -0.2) is 64.8 Å². The molecule has 34 heavy (non-hydrogen) atoms. The summed E-state index contributed by atoms with van der Waals surface area (Å²) in [5.41, 5.74) is 1.66. The molecule has 0 spiro atoms. The molecule has 2 rings (SSSR count). The molecule has 2 amide bonds. The van der Waals surface area contributed by atoms with E-state index in [4.69, 9.17) is 19.1 Å². The van der Waals surface area contributed by atoms with Crippen molar-refractivity contribution in [3.8, 4) is 11.5 Å². The van der Waals surface area contributed by atoms with Gasteiger partial charge in [0, 0.05) is 13.1 Å². The number of rotatable bonds is 15. The monoisotopic (exact) mass is 470 g/mol. The maximum absolute atomic E-state index is 11.7. The molecule has 0 aliphatic heterocycles. The van der Waals surface area contributed by atoms with E-state index < -0.39 is 0 Å². The Labute approximate surface area is 198 Å². The van der Waals surface area contributed by atoms with E-state index in [1.165, 1.54) is 12.4 Å². The summed E-state index contributed by atoms with van der Waals surface area (Å²) in [6.45, 7) is 0.612. The highest BCUT2D eigenvalue weighted by Crippen LogP contribution is 2.10. The van der Waals surface area contributed by atoms with Gasteiger partial charge in [-0.25, -0.2) is 0 Å². The normalized spacial score (nSPS) is 10.8. The highest BCUT2D eigenvalue weighted by atomic mass is 16.6. The molecule has 2 N–H and O–H groups in total. The zero-order valence-electron chi connectivity index (χ0n) is 19.4. The highest BCUT2D eigenvalue weighted by molar-refractivity contribution is 5.80. The number of carbonyl (C=O) groups excluding carboxylic acids is 2. The van der Waals surface area contributed by atoms with E-state index in [1.807, 2.05) is 48.5 Å². The van der Waals surface area contributed by atoms with Crippen molar-refractivity contribution in [1.29, 1.82) is 0 Å². The van der Waals surface area contributed by atoms with E-state index in [0.717, 1.165) is 22.6 Å². The predicted molar refractivity (Wildman–Crippen MR) is 128 cm³/mol.